The second-order valence-electron chi connectivity index (χ2n) is 2.31. The molecule has 0 saturated carbocycles. The zero-order valence-electron chi connectivity index (χ0n) is 6.70. The molecule has 0 rings (SSSR count). The van der Waals surface area contributed by atoms with E-state index in [1.54, 1.807) is 6.07 Å². The van der Waals surface area contributed by atoms with Gasteiger partial charge < -0.3 is 5.32 Å². The van der Waals surface area contributed by atoms with Gasteiger partial charge in [-0.3, -0.25) is 4.79 Å². The summed E-state index contributed by atoms with van der Waals surface area (Å²) < 4.78 is 21.1. The average molecular weight is 190 g/mol. The van der Waals surface area contributed by atoms with E-state index in [9.17, 15) is 13.2 Å². The van der Waals surface area contributed by atoms with Crippen molar-refractivity contribution in [1.29, 1.82) is 5.26 Å². The van der Waals surface area contributed by atoms with Crippen LogP contribution in [0.15, 0.2) is 0 Å². The van der Waals surface area contributed by atoms with Crippen molar-refractivity contribution in [1.82, 2.24) is 5.32 Å². The molecule has 1 N–H and O–H groups in total. The SMILES string of the molecule is CS(=O)(=O)CCNC(=O)CC#N. The largest absolute Gasteiger partial charge is 0.354 e. The van der Waals surface area contributed by atoms with Crippen molar-refractivity contribution in [2.45, 2.75) is 6.42 Å². The summed E-state index contributed by atoms with van der Waals surface area (Å²) in [6, 6.07) is 1.65. The molecule has 0 unspecified atom stereocenters. The maximum atomic E-state index is 10.6. The lowest BCUT2D eigenvalue weighted by atomic mass is 10.4. The lowest BCUT2D eigenvalue weighted by Crippen LogP contribution is -2.28. The Morgan fingerprint density at radius 1 is 1.58 bits per heavy atom. The Morgan fingerprint density at radius 2 is 2.17 bits per heavy atom. The highest BCUT2D eigenvalue weighted by Crippen LogP contribution is 1.80. The van der Waals surface area contributed by atoms with Crippen molar-refractivity contribution in [2.24, 2.45) is 0 Å². The van der Waals surface area contributed by atoms with Gasteiger partial charge in [0.2, 0.25) is 5.91 Å². The maximum absolute atomic E-state index is 10.6. The van der Waals surface area contributed by atoms with E-state index in [2.05, 4.69) is 5.32 Å². The molecule has 0 heterocycles. The van der Waals surface area contributed by atoms with Crippen LogP contribution < -0.4 is 5.32 Å². The highest BCUT2D eigenvalue weighted by atomic mass is 32.2. The summed E-state index contributed by atoms with van der Waals surface area (Å²) in [7, 11) is -3.03. The van der Waals surface area contributed by atoms with Gasteiger partial charge in [0, 0.05) is 12.8 Å². The minimum Gasteiger partial charge on any atom is -0.354 e. The van der Waals surface area contributed by atoms with E-state index >= 15 is 0 Å². The summed E-state index contributed by atoms with van der Waals surface area (Å²) in [5.74, 6) is -0.536. The highest BCUT2D eigenvalue weighted by Gasteiger charge is 2.03. The van der Waals surface area contributed by atoms with Crippen molar-refractivity contribution in [3.05, 3.63) is 0 Å². The van der Waals surface area contributed by atoms with Crippen LogP contribution in [0.5, 0.6) is 0 Å². The van der Waals surface area contributed by atoms with Crippen molar-refractivity contribution < 1.29 is 13.2 Å². The highest BCUT2D eigenvalue weighted by molar-refractivity contribution is 7.90. The van der Waals surface area contributed by atoms with E-state index < -0.39 is 15.7 Å². The molecule has 12 heavy (non-hydrogen) atoms. The lowest BCUT2D eigenvalue weighted by molar-refractivity contribution is -0.119. The molecule has 0 aromatic heterocycles. The van der Waals surface area contributed by atoms with Crippen molar-refractivity contribution in [2.75, 3.05) is 18.6 Å². The van der Waals surface area contributed by atoms with Crippen LogP contribution >= 0.6 is 0 Å². The predicted octanol–water partition coefficient (Wildman–Crippen LogP) is -0.939. The van der Waals surface area contributed by atoms with Crippen molar-refractivity contribution in [3.63, 3.8) is 0 Å². The monoisotopic (exact) mass is 190 g/mol. The van der Waals surface area contributed by atoms with Gasteiger partial charge >= 0.3 is 0 Å². The van der Waals surface area contributed by atoms with Crippen LogP contribution in [0.1, 0.15) is 6.42 Å². The minimum atomic E-state index is -3.03. The Bertz CT molecular complexity index is 288. The number of rotatable bonds is 4. The number of carbonyl (C=O) groups excluding carboxylic acids is 1. The van der Waals surface area contributed by atoms with E-state index in [1.807, 2.05) is 0 Å². The number of hydrogen-bond acceptors (Lipinski definition) is 4. The molecule has 0 fully saturated rings. The molecule has 0 aromatic carbocycles. The number of nitriles is 1. The van der Waals surface area contributed by atoms with Crippen molar-refractivity contribution >= 4 is 15.7 Å². The van der Waals surface area contributed by atoms with Crippen LogP contribution in [0.3, 0.4) is 0 Å². The molecule has 0 spiro atoms. The molecular weight excluding hydrogens is 180 g/mol. The average Bonchev–Trinajstić information content (AvgIpc) is 1.84. The second kappa shape index (κ2) is 4.72. The Hall–Kier alpha value is -1.09. The third-order valence-electron chi connectivity index (χ3n) is 1.03. The summed E-state index contributed by atoms with van der Waals surface area (Å²) in [5, 5.41) is 10.4. The van der Waals surface area contributed by atoms with Crippen LogP contribution in [-0.2, 0) is 14.6 Å². The van der Waals surface area contributed by atoms with E-state index in [0.717, 1.165) is 6.26 Å². The van der Waals surface area contributed by atoms with Crippen LogP contribution in [0.4, 0.5) is 0 Å². The van der Waals surface area contributed by atoms with Gasteiger partial charge in [-0.1, -0.05) is 0 Å². The van der Waals surface area contributed by atoms with E-state index in [4.69, 9.17) is 5.26 Å². The topological polar surface area (TPSA) is 87.0 Å². The Labute approximate surface area is 71.3 Å². The molecule has 0 atom stereocenters. The van der Waals surface area contributed by atoms with Gasteiger partial charge in [0.1, 0.15) is 16.3 Å². The molecule has 0 aliphatic rings. The van der Waals surface area contributed by atoms with Crippen molar-refractivity contribution in [3.8, 4) is 6.07 Å². The van der Waals surface area contributed by atoms with Gasteiger partial charge in [0.05, 0.1) is 11.8 Å². The molecule has 0 radical (unpaired) electrons. The number of sulfone groups is 1. The molecule has 0 aliphatic carbocycles. The minimum absolute atomic E-state index is 0.0688. The standard InChI is InChI=1S/C6H10N2O3S/c1-12(10,11)5-4-8-6(9)2-3-7/h2,4-5H2,1H3,(H,8,9). The van der Waals surface area contributed by atoms with Crippen LogP contribution in [0, 0.1) is 11.3 Å². The summed E-state index contributed by atoms with van der Waals surface area (Å²) in [6.45, 7) is 0.0688. The first-order valence-corrected chi connectivity index (χ1v) is 5.33. The lowest BCUT2D eigenvalue weighted by Gasteiger charge is -1.99. The van der Waals surface area contributed by atoms with Gasteiger partial charge in [-0.05, 0) is 0 Å². The summed E-state index contributed by atoms with van der Waals surface area (Å²) in [6.07, 6.45) is 0.854. The Kier molecular flexibility index (Phi) is 4.29. The van der Waals surface area contributed by atoms with Gasteiger partial charge in [0.15, 0.2) is 0 Å². The van der Waals surface area contributed by atoms with Gasteiger partial charge in [-0.2, -0.15) is 5.26 Å². The predicted molar refractivity (Wildman–Crippen MR) is 43.0 cm³/mol. The molecule has 68 valence electrons. The fourth-order valence-corrected chi connectivity index (χ4v) is 0.983. The van der Waals surface area contributed by atoms with Crippen LogP contribution in [-0.4, -0.2) is 32.9 Å². The first kappa shape index (κ1) is 10.9. The van der Waals surface area contributed by atoms with Crippen LogP contribution in [0.25, 0.3) is 0 Å². The molecule has 1 amide bonds. The first-order chi connectivity index (χ1) is 5.45. The third kappa shape index (κ3) is 7.02. The summed E-state index contributed by atoms with van der Waals surface area (Å²) in [4.78, 5) is 10.6. The zero-order chi connectivity index (χ0) is 9.61. The molecule has 5 nitrogen and oxygen atoms in total. The number of carbonyl (C=O) groups is 1. The fourth-order valence-electron chi connectivity index (χ4n) is 0.510. The van der Waals surface area contributed by atoms with E-state index in [0.29, 0.717) is 0 Å². The molecule has 0 saturated heterocycles. The van der Waals surface area contributed by atoms with E-state index in [1.165, 1.54) is 0 Å². The number of hydrogen-bond donors (Lipinski definition) is 1. The van der Waals surface area contributed by atoms with Gasteiger partial charge in [-0.15, -0.1) is 0 Å². The number of nitrogens with zero attached hydrogens (tertiary/aromatic N) is 1. The molecular formula is C6H10N2O3S. The maximum Gasteiger partial charge on any atom is 0.234 e. The third-order valence-corrected chi connectivity index (χ3v) is 1.98. The van der Waals surface area contributed by atoms with Gasteiger partial charge in [-0.25, -0.2) is 8.42 Å². The Morgan fingerprint density at radius 3 is 2.58 bits per heavy atom. The quantitative estimate of drug-likeness (QED) is 0.619. The fraction of sp³-hybridized carbons (Fsp3) is 0.667. The second-order valence-corrected chi connectivity index (χ2v) is 4.57. The zero-order valence-corrected chi connectivity index (χ0v) is 7.52. The summed E-state index contributed by atoms with van der Waals surface area (Å²) in [5.41, 5.74) is 0. The van der Waals surface area contributed by atoms with Crippen LogP contribution in [0.2, 0.25) is 0 Å². The molecule has 0 aromatic rings. The summed E-state index contributed by atoms with van der Waals surface area (Å²) >= 11 is 0. The first-order valence-electron chi connectivity index (χ1n) is 3.27. The van der Waals surface area contributed by atoms with E-state index in [-0.39, 0.29) is 18.7 Å². The normalized spacial score (nSPS) is 10.3. The van der Waals surface area contributed by atoms with Gasteiger partial charge in [0.25, 0.3) is 0 Å². The number of amides is 1. The Balaban J connectivity index is 3.59. The molecule has 0 aliphatic heterocycles. The smallest absolute Gasteiger partial charge is 0.234 e. The molecule has 6 heteroatoms. The number of nitrogens with one attached hydrogen (secondary N) is 1. The molecule has 0 bridgehead atoms.